The highest BCUT2D eigenvalue weighted by atomic mass is 16.5. The summed E-state index contributed by atoms with van der Waals surface area (Å²) in [5, 5.41) is 16.3. The molecule has 1 aliphatic heterocycles. The number of nitrogens with one attached hydrogen (secondary N) is 2. The van der Waals surface area contributed by atoms with E-state index < -0.39 is 11.8 Å². The lowest BCUT2D eigenvalue weighted by atomic mass is 10.1. The average Bonchev–Trinajstić information content (AvgIpc) is 3.07. The van der Waals surface area contributed by atoms with Crippen molar-refractivity contribution in [1.29, 1.82) is 0 Å². The summed E-state index contributed by atoms with van der Waals surface area (Å²) >= 11 is 0. The van der Waals surface area contributed by atoms with Gasteiger partial charge in [-0.05, 0) is 25.0 Å². The zero-order chi connectivity index (χ0) is 16.2. The van der Waals surface area contributed by atoms with Crippen LogP contribution < -0.4 is 10.6 Å². The Balaban J connectivity index is 1.67. The summed E-state index contributed by atoms with van der Waals surface area (Å²) in [6.07, 6.45) is 1.86. The van der Waals surface area contributed by atoms with E-state index in [2.05, 4.69) is 10.6 Å². The van der Waals surface area contributed by atoms with Crippen LogP contribution in [0, 0.1) is 0 Å². The zero-order valence-corrected chi connectivity index (χ0v) is 12.5. The largest absolute Gasteiger partial charge is 0.507 e. The van der Waals surface area contributed by atoms with E-state index in [1.807, 2.05) is 0 Å². The molecular formula is C17H18N2O4. The summed E-state index contributed by atoms with van der Waals surface area (Å²) in [6, 6.07) is 10.2. The highest BCUT2D eigenvalue weighted by Gasteiger charge is 2.19. The molecule has 0 radical (unpaired) electrons. The third-order valence-electron chi connectivity index (χ3n) is 3.87. The predicted octanol–water partition coefficient (Wildman–Crippen LogP) is 1.78. The van der Waals surface area contributed by atoms with Gasteiger partial charge in [-0.25, -0.2) is 0 Å². The number of carbonyl (C=O) groups excluding carboxylic acids is 2. The van der Waals surface area contributed by atoms with Gasteiger partial charge >= 0.3 is 11.8 Å². The van der Waals surface area contributed by atoms with Gasteiger partial charge in [0.05, 0.1) is 6.10 Å². The molecule has 0 bridgehead atoms. The quantitative estimate of drug-likeness (QED) is 0.754. The van der Waals surface area contributed by atoms with Gasteiger partial charge in [-0.15, -0.1) is 0 Å². The second kappa shape index (κ2) is 6.66. The van der Waals surface area contributed by atoms with Gasteiger partial charge < -0.3 is 20.5 Å². The maximum absolute atomic E-state index is 12.0. The summed E-state index contributed by atoms with van der Waals surface area (Å²) in [6.45, 7) is 1.04. The van der Waals surface area contributed by atoms with Gasteiger partial charge in [0.1, 0.15) is 5.75 Å². The summed E-state index contributed by atoms with van der Waals surface area (Å²) in [5.41, 5.74) is 0.482. The average molecular weight is 314 g/mol. The molecule has 1 atom stereocenters. The molecule has 2 aromatic carbocycles. The van der Waals surface area contributed by atoms with Crippen molar-refractivity contribution >= 4 is 28.3 Å². The fourth-order valence-corrected chi connectivity index (χ4v) is 2.67. The normalized spacial score (nSPS) is 17.1. The molecule has 6 nitrogen and oxygen atoms in total. The van der Waals surface area contributed by atoms with Crippen LogP contribution >= 0.6 is 0 Å². The first-order chi connectivity index (χ1) is 11.1. The van der Waals surface area contributed by atoms with E-state index in [-0.39, 0.29) is 11.9 Å². The van der Waals surface area contributed by atoms with Crippen molar-refractivity contribution in [1.82, 2.24) is 5.32 Å². The Hall–Kier alpha value is -2.60. The van der Waals surface area contributed by atoms with E-state index >= 15 is 0 Å². The maximum Gasteiger partial charge on any atom is 0.313 e. The maximum atomic E-state index is 12.0. The van der Waals surface area contributed by atoms with E-state index in [4.69, 9.17) is 4.74 Å². The molecule has 3 N–H and O–H groups in total. The predicted molar refractivity (Wildman–Crippen MR) is 86.2 cm³/mol. The third-order valence-corrected chi connectivity index (χ3v) is 3.87. The van der Waals surface area contributed by atoms with Crippen molar-refractivity contribution in [3.8, 4) is 5.75 Å². The van der Waals surface area contributed by atoms with E-state index in [9.17, 15) is 14.7 Å². The molecule has 1 unspecified atom stereocenters. The van der Waals surface area contributed by atoms with Crippen LogP contribution in [-0.2, 0) is 14.3 Å². The minimum atomic E-state index is -0.737. The molecule has 23 heavy (non-hydrogen) atoms. The highest BCUT2D eigenvalue weighted by Crippen LogP contribution is 2.29. The molecule has 0 aliphatic carbocycles. The van der Waals surface area contributed by atoms with Gasteiger partial charge in [0.15, 0.2) is 0 Å². The van der Waals surface area contributed by atoms with Crippen molar-refractivity contribution in [2.75, 3.05) is 18.5 Å². The SMILES string of the molecule is O=C(NCC1CCCO1)C(=O)Nc1cccc2c(O)cccc12. The van der Waals surface area contributed by atoms with Crippen LogP contribution in [0.1, 0.15) is 12.8 Å². The van der Waals surface area contributed by atoms with Gasteiger partial charge in [0, 0.05) is 29.6 Å². The summed E-state index contributed by atoms with van der Waals surface area (Å²) in [7, 11) is 0. The van der Waals surface area contributed by atoms with Gasteiger partial charge in [-0.3, -0.25) is 9.59 Å². The summed E-state index contributed by atoms with van der Waals surface area (Å²) < 4.78 is 5.40. The van der Waals surface area contributed by atoms with Crippen molar-refractivity contribution in [2.45, 2.75) is 18.9 Å². The van der Waals surface area contributed by atoms with E-state index in [0.717, 1.165) is 12.8 Å². The Morgan fingerprint density at radius 2 is 1.91 bits per heavy atom. The van der Waals surface area contributed by atoms with Crippen LogP contribution in [0.4, 0.5) is 5.69 Å². The smallest absolute Gasteiger partial charge is 0.313 e. The van der Waals surface area contributed by atoms with Crippen molar-refractivity contribution in [3.63, 3.8) is 0 Å². The number of phenolic OH excluding ortho intramolecular Hbond substituents is 1. The molecule has 6 heteroatoms. The van der Waals surface area contributed by atoms with Crippen molar-refractivity contribution in [2.24, 2.45) is 0 Å². The molecule has 0 aromatic heterocycles. The first-order valence-electron chi connectivity index (χ1n) is 7.56. The molecule has 3 rings (SSSR count). The number of benzene rings is 2. The number of fused-ring (bicyclic) bond motifs is 1. The molecule has 0 spiro atoms. The van der Waals surface area contributed by atoms with Gasteiger partial charge in [-0.1, -0.05) is 24.3 Å². The minimum absolute atomic E-state index is 0.0127. The minimum Gasteiger partial charge on any atom is -0.507 e. The first-order valence-corrected chi connectivity index (χ1v) is 7.56. The summed E-state index contributed by atoms with van der Waals surface area (Å²) in [5.74, 6) is -1.31. The molecule has 1 heterocycles. The van der Waals surface area contributed by atoms with Crippen LogP contribution in [0.2, 0.25) is 0 Å². The van der Waals surface area contributed by atoms with E-state index in [1.54, 1.807) is 36.4 Å². The number of hydrogen-bond donors (Lipinski definition) is 3. The molecule has 1 aliphatic rings. The number of hydrogen-bond acceptors (Lipinski definition) is 4. The monoisotopic (exact) mass is 314 g/mol. The number of anilines is 1. The van der Waals surface area contributed by atoms with Crippen LogP contribution in [0.25, 0.3) is 10.8 Å². The van der Waals surface area contributed by atoms with Crippen LogP contribution in [0.3, 0.4) is 0 Å². The lowest BCUT2D eigenvalue weighted by Gasteiger charge is -2.12. The number of carbonyl (C=O) groups is 2. The van der Waals surface area contributed by atoms with Gasteiger partial charge in [0.25, 0.3) is 0 Å². The Bertz CT molecular complexity index is 738. The Labute approximate surface area is 133 Å². The van der Waals surface area contributed by atoms with Gasteiger partial charge in [0.2, 0.25) is 0 Å². The number of amides is 2. The van der Waals surface area contributed by atoms with Crippen LogP contribution in [0.15, 0.2) is 36.4 Å². The second-order valence-corrected chi connectivity index (χ2v) is 5.48. The molecule has 2 amide bonds. The highest BCUT2D eigenvalue weighted by molar-refractivity contribution is 6.40. The fourth-order valence-electron chi connectivity index (χ4n) is 2.67. The third kappa shape index (κ3) is 3.43. The van der Waals surface area contributed by atoms with Crippen molar-refractivity contribution in [3.05, 3.63) is 36.4 Å². The number of phenols is 1. The molecular weight excluding hydrogens is 296 g/mol. The van der Waals surface area contributed by atoms with Crippen molar-refractivity contribution < 1.29 is 19.4 Å². The zero-order valence-electron chi connectivity index (χ0n) is 12.5. The standard InChI is InChI=1S/C17H18N2O4/c20-15-8-2-5-12-13(15)6-1-7-14(12)19-17(22)16(21)18-10-11-4-3-9-23-11/h1-2,5-8,11,20H,3-4,9-10H2,(H,18,21)(H,19,22). The van der Waals surface area contributed by atoms with E-state index in [0.29, 0.717) is 29.6 Å². The molecule has 1 saturated heterocycles. The van der Waals surface area contributed by atoms with Gasteiger partial charge in [-0.2, -0.15) is 0 Å². The Morgan fingerprint density at radius 3 is 2.70 bits per heavy atom. The molecule has 0 saturated carbocycles. The number of aromatic hydroxyl groups is 1. The Morgan fingerprint density at radius 1 is 1.13 bits per heavy atom. The fraction of sp³-hybridized carbons (Fsp3) is 0.294. The molecule has 2 aromatic rings. The number of rotatable bonds is 3. The molecule has 120 valence electrons. The lowest BCUT2D eigenvalue weighted by Crippen LogP contribution is -2.39. The molecule has 1 fully saturated rings. The topological polar surface area (TPSA) is 87.7 Å². The number of ether oxygens (including phenoxy) is 1. The second-order valence-electron chi connectivity index (χ2n) is 5.48. The first kappa shape index (κ1) is 15.3. The Kier molecular flexibility index (Phi) is 4.43. The lowest BCUT2D eigenvalue weighted by molar-refractivity contribution is -0.136. The van der Waals surface area contributed by atoms with E-state index in [1.165, 1.54) is 0 Å². The van der Waals surface area contributed by atoms with Crippen LogP contribution in [-0.4, -0.2) is 36.2 Å². The van der Waals surface area contributed by atoms with Crippen LogP contribution in [0.5, 0.6) is 5.75 Å². The summed E-state index contributed by atoms with van der Waals surface area (Å²) in [4.78, 5) is 23.9.